The second-order valence-corrected chi connectivity index (χ2v) is 5.01. The lowest BCUT2D eigenvalue weighted by Crippen LogP contribution is -2.20. The summed E-state index contributed by atoms with van der Waals surface area (Å²) < 4.78 is 5.85. The molecule has 4 heteroatoms. The predicted octanol–water partition coefficient (Wildman–Crippen LogP) is 4.29. The highest BCUT2D eigenvalue weighted by Crippen LogP contribution is 2.37. The SMILES string of the molecule is Nc1cc(Cl)c(OC2CCCCC2)c(Cl)c1. The van der Waals surface area contributed by atoms with Crippen molar-refractivity contribution < 1.29 is 4.74 Å². The fourth-order valence-corrected chi connectivity index (χ4v) is 2.63. The lowest BCUT2D eigenvalue weighted by molar-refractivity contribution is 0.155. The van der Waals surface area contributed by atoms with Crippen LogP contribution in [0.5, 0.6) is 5.75 Å². The van der Waals surface area contributed by atoms with Gasteiger partial charge in [-0.3, -0.25) is 0 Å². The zero-order valence-electron chi connectivity index (χ0n) is 9.01. The van der Waals surface area contributed by atoms with Crippen LogP contribution in [0.25, 0.3) is 0 Å². The van der Waals surface area contributed by atoms with E-state index in [1.165, 1.54) is 19.3 Å². The van der Waals surface area contributed by atoms with Crippen LogP contribution in [0, 0.1) is 0 Å². The first-order chi connectivity index (χ1) is 7.66. The van der Waals surface area contributed by atoms with E-state index >= 15 is 0 Å². The van der Waals surface area contributed by atoms with Crippen LogP contribution >= 0.6 is 23.2 Å². The molecule has 2 nitrogen and oxygen atoms in total. The molecule has 1 saturated carbocycles. The number of hydrogen-bond donors (Lipinski definition) is 1. The molecule has 0 spiro atoms. The van der Waals surface area contributed by atoms with Crippen molar-refractivity contribution in [1.82, 2.24) is 0 Å². The van der Waals surface area contributed by atoms with E-state index in [-0.39, 0.29) is 6.10 Å². The molecule has 0 saturated heterocycles. The Morgan fingerprint density at radius 2 is 1.62 bits per heavy atom. The van der Waals surface area contributed by atoms with Crippen molar-refractivity contribution in [3.63, 3.8) is 0 Å². The van der Waals surface area contributed by atoms with Crippen LogP contribution in [-0.4, -0.2) is 6.10 Å². The van der Waals surface area contributed by atoms with Crippen molar-refractivity contribution in [3.8, 4) is 5.75 Å². The molecule has 0 aromatic heterocycles. The van der Waals surface area contributed by atoms with Gasteiger partial charge in [0.15, 0.2) is 5.75 Å². The molecule has 0 amide bonds. The highest BCUT2D eigenvalue weighted by Gasteiger charge is 2.18. The van der Waals surface area contributed by atoms with E-state index in [2.05, 4.69) is 0 Å². The minimum atomic E-state index is 0.243. The number of rotatable bonds is 2. The summed E-state index contributed by atoms with van der Waals surface area (Å²) in [6, 6.07) is 3.34. The summed E-state index contributed by atoms with van der Waals surface area (Å²) in [5, 5.41) is 0.992. The predicted molar refractivity (Wildman–Crippen MR) is 68.4 cm³/mol. The van der Waals surface area contributed by atoms with E-state index < -0.39 is 0 Å². The van der Waals surface area contributed by atoms with E-state index in [1.807, 2.05) is 0 Å². The molecular formula is C12H15Cl2NO. The van der Waals surface area contributed by atoms with Gasteiger partial charge in [-0.15, -0.1) is 0 Å². The number of nitrogens with two attached hydrogens (primary N) is 1. The number of anilines is 1. The largest absolute Gasteiger partial charge is 0.487 e. The average Bonchev–Trinajstić information content (AvgIpc) is 2.25. The molecule has 88 valence electrons. The van der Waals surface area contributed by atoms with E-state index in [1.54, 1.807) is 12.1 Å². The number of ether oxygens (including phenoxy) is 1. The number of nitrogen functional groups attached to an aromatic ring is 1. The van der Waals surface area contributed by atoms with Gasteiger partial charge in [0.2, 0.25) is 0 Å². The van der Waals surface area contributed by atoms with Crippen LogP contribution in [0.2, 0.25) is 10.0 Å². The van der Waals surface area contributed by atoms with Crippen molar-refractivity contribution in [3.05, 3.63) is 22.2 Å². The summed E-state index contributed by atoms with van der Waals surface area (Å²) in [7, 11) is 0. The minimum Gasteiger partial charge on any atom is -0.487 e. The molecule has 1 fully saturated rings. The molecule has 0 radical (unpaired) electrons. The van der Waals surface area contributed by atoms with E-state index in [0.29, 0.717) is 21.5 Å². The molecule has 1 aromatic carbocycles. The molecule has 1 aliphatic carbocycles. The lowest BCUT2D eigenvalue weighted by atomic mass is 9.98. The monoisotopic (exact) mass is 259 g/mol. The van der Waals surface area contributed by atoms with Gasteiger partial charge in [-0.05, 0) is 37.8 Å². The summed E-state index contributed by atoms with van der Waals surface area (Å²) in [5.74, 6) is 0.574. The van der Waals surface area contributed by atoms with Gasteiger partial charge in [0.25, 0.3) is 0 Å². The molecule has 16 heavy (non-hydrogen) atoms. The summed E-state index contributed by atoms with van der Waals surface area (Å²) in [4.78, 5) is 0. The van der Waals surface area contributed by atoms with E-state index in [4.69, 9.17) is 33.7 Å². The molecule has 0 heterocycles. The van der Waals surface area contributed by atoms with Gasteiger partial charge in [0.05, 0.1) is 16.1 Å². The number of halogens is 2. The molecule has 0 atom stereocenters. The average molecular weight is 260 g/mol. The van der Waals surface area contributed by atoms with Gasteiger partial charge in [-0.25, -0.2) is 0 Å². The highest BCUT2D eigenvalue weighted by molar-refractivity contribution is 6.37. The standard InChI is InChI=1S/C12H15Cl2NO/c13-10-6-8(15)7-11(14)12(10)16-9-4-2-1-3-5-9/h6-7,9H,1-5,15H2. The molecule has 1 aromatic rings. The Bertz CT molecular complexity index is 352. The summed E-state index contributed by atoms with van der Waals surface area (Å²) in [6.45, 7) is 0. The van der Waals surface area contributed by atoms with Gasteiger partial charge < -0.3 is 10.5 Å². The van der Waals surface area contributed by atoms with Crippen LogP contribution in [0.15, 0.2) is 12.1 Å². The molecule has 1 aliphatic rings. The van der Waals surface area contributed by atoms with E-state index in [0.717, 1.165) is 12.8 Å². The summed E-state index contributed by atoms with van der Waals surface area (Å²) >= 11 is 12.1. The Morgan fingerprint density at radius 3 is 2.19 bits per heavy atom. The third-order valence-electron chi connectivity index (χ3n) is 2.86. The Morgan fingerprint density at radius 1 is 1.06 bits per heavy atom. The number of benzene rings is 1. The van der Waals surface area contributed by atoms with Crippen LogP contribution < -0.4 is 10.5 Å². The topological polar surface area (TPSA) is 35.2 Å². The number of hydrogen-bond acceptors (Lipinski definition) is 2. The summed E-state index contributed by atoms with van der Waals surface area (Å²) in [6.07, 6.45) is 6.13. The van der Waals surface area contributed by atoms with Crippen molar-refractivity contribution in [2.45, 2.75) is 38.2 Å². The fraction of sp³-hybridized carbons (Fsp3) is 0.500. The van der Waals surface area contributed by atoms with E-state index in [9.17, 15) is 0 Å². The van der Waals surface area contributed by atoms with Crippen LogP contribution in [0.4, 0.5) is 5.69 Å². The Balaban J connectivity index is 2.14. The normalized spacial score (nSPS) is 17.4. The van der Waals surface area contributed by atoms with Crippen LogP contribution in [-0.2, 0) is 0 Å². The van der Waals surface area contributed by atoms with Crippen molar-refractivity contribution >= 4 is 28.9 Å². The Labute approximate surface area is 106 Å². The highest BCUT2D eigenvalue weighted by atomic mass is 35.5. The van der Waals surface area contributed by atoms with Gasteiger partial charge in [0.1, 0.15) is 0 Å². The van der Waals surface area contributed by atoms with Gasteiger partial charge >= 0.3 is 0 Å². The van der Waals surface area contributed by atoms with Crippen LogP contribution in [0.1, 0.15) is 32.1 Å². The lowest BCUT2D eigenvalue weighted by Gasteiger charge is -2.24. The van der Waals surface area contributed by atoms with Crippen molar-refractivity contribution in [1.29, 1.82) is 0 Å². The maximum Gasteiger partial charge on any atom is 0.157 e. The minimum absolute atomic E-state index is 0.243. The van der Waals surface area contributed by atoms with Crippen molar-refractivity contribution in [2.75, 3.05) is 5.73 Å². The molecular weight excluding hydrogens is 245 g/mol. The van der Waals surface area contributed by atoms with Gasteiger partial charge in [0, 0.05) is 5.69 Å². The second-order valence-electron chi connectivity index (χ2n) is 4.19. The molecule has 2 rings (SSSR count). The molecule has 0 unspecified atom stereocenters. The van der Waals surface area contributed by atoms with Crippen LogP contribution in [0.3, 0.4) is 0 Å². The fourth-order valence-electron chi connectivity index (χ4n) is 2.04. The first-order valence-electron chi connectivity index (χ1n) is 5.58. The third-order valence-corrected chi connectivity index (χ3v) is 3.42. The second kappa shape index (κ2) is 5.15. The molecule has 0 bridgehead atoms. The summed E-state index contributed by atoms with van der Waals surface area (Å²) in [5.41, 5.74) is 6.20. The first kappa shape index (κ1) is 11.9. The zero-order valence-corrected chi connectivity index (χ0v) is 10.5. The maximum atomic E-state index is 6.06. The Kier molecular flexibility index (Phi) is 3.82. The maximum absolute atomic E-state index is 6.06. The molecule has 2 N–H and O–H groups in total. The van der Waals surface area contributed by atoms with Gasteiger partial charge in [-0.1, -0.05) is 29.6 Å². The third kappa shape index (κ3) is 2.74. The Hall–Kier alpha value is -0.600. The first-order valence-corrected chi connectivity index (χ1v) is 6.33. The zero-order chi connectivity index (χ0) is 11.5. The smallest absolute Gasteiger partial charge is 0.157 e. The van der Waals surface area contributed by atoms with Gasteiger partial charge in [-0.2, -0.15) is 0 Å². The molecule has 0 aliphatic heterocycles. The van der Waals surface area contributed by atoms with Crippen molar-refractivity contribution in [2.24, 2.45) is 0 Å². The quantitative estimate of drug-likeness (QED) is 0.805.